The molecule has 1 aromatic carbocycles. The van der Waals surface area contributed by atoms with Crippen molar-refractivity contribution in [3.8, 4) is 0 Å². The van der Waals surface area contributed by atoms with Gasteiger partial charge in [0.1, 0.15) is 12.4 Å². The van der Waals surface area contributed by atoms with E-state index in [4.69, 9.17) is 4.74 Å². The number of alkyl halides is 3. The lowest BCUT2D eigenvalue weighted by atomic mass is 9.90. The van der Waals surface area contributed by atoms with Crippen molar-refractivity contribution in [2.24, 2.45) is 5.92 Å². The zero-order valence-corrected chi connectivity index (χ0v) is 17.3. The first-order valence-electron chi connectivity index (χ1n) is 10.3. The molecule has 0 aliphatic carbocycles. The van der Waals surface area contributed by atoms with E-state index in [0.717, 1.165) is 5.56 Å². The van der Waals surface area contributed by atoms with Crippen molar-refractivity contribution >= 4 is 18.1 Å². The minimum Gasteiger partial charge on any atom is -0.466 e. The van der Waals surface area contributed by atoms with Gasteiger partial charge >= 0.3 is 6.18 Å². The first-order valence-corrected chi connectivity index (χ1v) is 10.3. The third-order valence-electron chi connectivity index (χ3n) is 6.15. The maximum absolute atomic E-state index is 14.6. The highest BCUT2D eigenvalue weighted by molar-refractivity contribution is 5.77. The lowest BCUT2D eigenvalue weighted by Crippen LogP contribution is -2.48. The van der Waals surface area contributed by atoms with Crippen LogP contribution in [0.15, 0.2) is 18.2 Å². The number of likely N-dealkylation sites (N-methyl/N-ethyl adjacent to an activating group) is 1. The van der Waals surface area contributed by atoms with Crippen LogP contribution in [0.2, 0.25) is 0 Å². The van der Waals surface area contributed by atoms with E-state index in [-0.39, 0.29) is 49.7 Å². The van der Waals surface area contributed by atoms with Crippen LogP contribution < -0.4 is 10.2 Å². The van der Waals surface area contributed by atoms with E-state index in [1.165, 1.54) is 11.0 Å². The molecule has 0 saturated carbocycles. The van der Waals surface area contributed by atoms with E-state index in [0.29, 0.717) is 32.4 Å². The quantitative estimate of drug-likeness (QED) is 0.468. The summed E-state index contributed by atoms with van der Waals surface area (Å²) in [6.45, 7) is 1.48. The van der Waals surface area contributed by atoms with Crippen molar-refractivity contribution in [2.75, 3.05) is 44.7 Å². The van der Waals surface area contributed by atoms with Gasteiger partial charge in [0.2, 0.25) is 5.91 Å². The van der Waals surface area contributed by atoms with E-state index >= 15 is 0 Å². The van der Waals surface area contributed by atoms with Gasteiger partial charge in [-0.1, -0.05) is 6.07 Å². The third kappa shape index (κ3) is 5.66. The number of rotatable bonds is 9. The Labute approximate surface area is 178 Å². The van der Waals surface area contributed by atoms with E-state index in [9.17, 15) is 27.2 Å². The molecule has 0 radical (unpaired) electrons. The highest BCUT2D eigenvalue weighted by Gasteiger charge is 2.44. The summed E-state index contributed by atoms with van der Waals surface area (Å²) in [5, 5.41) is 2.98. The summed E-state index contributed by atoms with van der Waals surface area (Å²) < 4.78 is 57.9. The molecular formula is C21H27F4N3O3. The molecule has 0 spiro atoms. The van der Waals surface area contributed by atoms with Crippen molar-refractivity contribution in [1.82, 2.24) is 10.2 Å². The second-order valence-corrected chi connectivity index (χ2v) is 8.13. The molecule has 0 aromatic heterocycles. The Hall–Kier alpha value is -2.36. The van der Waals surface area contributed by atoms with Gasteiger partial charge in [0.05, 0.1) is 11.6 Å². The number of anilines is 1. The van der Waals surface area contributed by atoms with E-state index in [2.05, 4.69) is 5.32 Å². The van der Waals surface area contributed by atoms with Gasteiger partial charge in [-0.05, 0) is 37.6 Å². The Morgan fingerprint density at radius 1 is 1.32 bits per heavy atom. The van der Waals surface area contributed by atoms with Gasteiger partial charge in [0.15, 0.2) is 0 Å². The molecule has 172 valence electrons. The molecule has 1 amide bonds. The Balaban J connectivity index is 1.49. The second kappa shape index (κ2) is 9.84. The standard InChI is InChI=1S/C21H27F4N3O3/c1-26-17(12-31-13-29)3-5-20(30)28-9-15(10-28)14-2-4-19(18(22)8-14)27-7-6-16(11-27)21(23,24)25/h2,4,8,13,15-17,26H,3,5-7,9-12H2,1H3. The van der Waals surface area contributed by atoms with Crippen molar-refractivity contribution in [1.29, 1.82) is 0 Å². The predicted octanol–water partition coefficient (Wildman–Crippen LogP) is 2.68. The van der Waals surface area contributed by atoms with Crippen molar-refractivity contribution < 1.29 is 31.9 Å². The number of carbonyl (C=O) groups is 2. The molecule has 2 aliphatic heterocycles. The number of benzene rings is 1. The average molecular weight is 445 g/mol. The Bertz CT molecular complexity index is 784. The normalized spacial score (nSPS) is 20.5. The van der Waals surface area contributed by atoms with E-state index in [1.54, 1.807) is 24.1 Å². The van der Waals surface area contributed by atoms with Crippen LogP contribution in [-0.4, -0.2) is 69.3 Å². The number of carbonyl (C=O) groups excluding carboxylic acids is 2. The third-order valence-corrected chi connectivity index (χ3v) is 6.15. The molecule has 2 heterocycles. The number of ether oxygens (including phenoxy) is 1. The van der Waals surface area contributed by atoms with Crippen molar-refractivity contribution in [3.63, 3.8) is 0 Å². The first kappa shape index (κ1) is 23.3. The van der Waals surface area contributed by atoms with Gasteiger partial charge in [-0.2, -0.15) is 13.2 Å². The molecular weight excluding hydrogens is 418 g/mol. The van der Waals surface area contributed by atoms with Gasteiger partial charge in [0.25, 0.3) is 6.47 Å². The molecule has 1 N–H and O–H groups in total. The molecule has 0 bridgehead atoms. The monoisotopic (exact) mass is 445 g/mol. The molecule has 1 aromatic rings. The number of likely N-dealkylation sites (tertiary alicyclic amines) is 1. The molecule has 31 heavy (non-hydrogen) atoms. The predicted molar refractivity (Wildman–Crippen MR) is 106 cm³/mol. The summed E-state index contributed by atoms with van der Waals surface area (Å²) in [4.78, 5) is 25.7. The van der Waals surface area contributed by atoms with Gasteiger partial charge < -0.3 is 19.9 Å². The number of halogens is 4. The molecule has 2 aliphatic rings. The van der Waals surface area contributed by atoms with Gasteiger partial charge in [-0.15, -0.1) is 0 Å². The molecule has 2 unspecified atom stereocenters. The highest BCUT2D eigenvalue weighted by Crippen LogP contribution is 2.37. The molecule has 2 fully saturated rings. The van der Waals surface area contributed by atoms with Crippen LogP contribution in [0, 0.1) is 11.7 Å². The molecule has 2 atom stereocenters. The zero-order valence-electron chi connectivity index (χ0n) is 17.3. The highest BCUT2D eigenvalue weighted by atomic mass is 19.4. The molecule has 3 rings (SSSR count). The van der Waals surface area contributed by atoms with Crippen molar-refractivity contribution in [2.45, 2.75) is 37.4 Å². The Kier molecular flexibility index (Phi) is 7.40. The number of nitrogens with one attached hydrogen (secondary N) is 1. The Morgan fingerprint density at radius 2 is 2.06 bits per heavy atom. The Morgan fingerprint density at radius 3 is 2.65 bits per heavy atom. The van der Waals surface area contributed by atoms with Crippen LogP contribution in [0.1, 0.15) is 30.7 Å². The minimum atomic E-state index is -4.26. The second-order valence-electron chi connectivity index (χ2n) is 8.13. The fourth-order valence-electron chi connectivity index (χ4n) is 4.10. The fourth-order valence-corrected chi connectivity index (χ4v) is 4.10. The van der Waals surface area contributed by atoms with Crippen LogP contribution >= 0.6 is 0 Å². The van der Waals surface area contributed by atoms with Crippen LogP contribution in [0.4, 0.5) is 23.2 Å². The van der Waals surface area contributed by atoms with Crippen LogP contribution in [0.3, 0.4) is 0 Å². The number of amides is 1. The van der Waals surface area contributed by atoms with Crippen LogP contribution in [0.25, 0.3) is 0 Å². The molecule has 6 nitrogen and oxygen atoms in total. The largest absolute Gasteiger partial charge is 0.466 e. The van der Waals surface area contributed by atoms with Gasteiger partial charge in [0, 0.05) is 44.6 Å². The smallest absolute Gasteiger partial charge is 0.393 e. The summed E-state index contributed by atoms with van der Waals surface area (Å²) in [6, 6.07) is 4.55. The maximum Gasteiger partial charge on any atom is 0.393 e. The first-order chi connectivity index (χ1) is 14.7. The summed E-state index contributed by atoms with van der Waals surface area (Å²) in [7, 11) is 1.73. The fraction of sp³-hybridized carbons (Fsp3) is 0.619. The zero-order chi connectivity index (χ0) is 22.6. The SMILES string of the molecule is CNC(CCC(=O)N1CC(c2ccc(N3CCC(C(F)(F)F)C3)c(F)c2)C1)COC=O. The van der Waals surface area contributed by atoms with Crippen LogP contribution in [-0.2, 0) is 14.3 Å². The maximum atomic E-state index is 14.6. The summed E-state index contributed by atoms with van der Waals surface area (Å²) in [6.07, 6.45) is -3.45. The van der Waals surface area contributed by atoms with Crippen LogP contribution in [0.5, 0.6) is 0 Å². The minimum absolute atomic E-state index is 0.00694. The summed E-state index contributed by atoms with van der Waals surface area (Å²) >= 11 is 0. The van der Waals surface area contributed by atoms with E-state index in [1.807, 2.05) is 0 Å². The molecule has 2 saturated heterocycles. The van der Waals surface area contributed by atoms with Gasteiger partial charge in [-0.3, -0.25) is 9.59 Å². The number of hydrogen-bond acceptors (Lipinski definition) is 5. The number of hydrogen-bond donors (Lipinski definition) is 1. The lowest BCUT2D eigenvalue weighted by Gasteiger charge is -2.40. The summed E-state index contributed by atoms with van der Waals surface area (Å²) in [5.74, 6) is -1.97. The van der Waals surface area contributed by atoms with Crippen molar-refractivity contribution in [3.05, 3.63) is 29.6 Å². The van der Waals surface area contributed by atoms with E-state index < -0.39 is 17.9 Å². The van der Waals surface area contributed by atoms with Gasteiger partial charge in [-0.25, -0.2) is 4.39 Å². The number of nitrogens with zero attached hydrogens (tertiary/aromatic N) is 2. The average Bonchev–Trinajstić information content (AvgIpc) is 3.17. The lowest BCUT2D eigenvalue weighted by molar-refractivity contribution is -0.168. The summed E-state index contributed by atoms with van der Waals surface area (Å²) in [5.41, 5.74) is 0.933. The topological polar surface area (TPSA) is 61.9 Å². The molecule has 10 heteroatoms.